The van der Waals surface area contributed by atoms with Crippen molar-refractivity contribution in [2.45, 2.75) is 13.0 Å². The lowest BCUT2D eigenvalue weighted by Crippen LogP contribution is -2.49. The summed E-state index contributed by atoms with van der Waals surface area (Å²) in [7, 11) is 0. The Morgan fingerprint density at radius 1 is 1.31 bits per heavy atom. The maximum Gasteiger partial charge on any atom is 0.414 e. The predicted molar refractivity (Wildman–Crippen MR) is 127 cm³/mol. The first-order valence-electron chi connectivity index (χ1n) is 11.0. The third kappa shape index (κ3) is 6.03. The van der Waals surface area contributed by atoms with Crippen LogP contribution in [0.25, 0.3) is 0 Å². The van der Waals surface area contributed by atoms with Gasteiger partial charge in [-0.15, -0.1) is 0 Å². The molecule has 2 aliphatic heterocycles. The molecule has 11 nitrogen and oxygen atoms in total. The van der Waals surface area contributed by atoms with Crippen LogP contribution in [0.3, 0.4) is 0 Å². The first-order chi connectivity index (χ1) is 16.8. The molecule has 0 saturated carbocycles. The molecule has 4 rings (SSSR count). The van der Waals surface area contributed by atoms with Gasteiger partial charge >= 0.3 is 6.09 Å². The second-order valence-corrected chi connectivity index (χ2v) is 9.17. The molecular weight excluding hydrogens is 477 g/mol. The minimum atomic E-state index is -0.582. The highest BCUT2D eigenvalue weighted by atomic mass is 32.1. The normalized spacial score (nSPS) is 18.2. The number of anilines is 3. The van der Waals surface area contributed by atoms with Crippen molar-refractivity contribution in [2.75, 3.05) is 60.9 Å². The van der Waals surface area contributed by atoms with Crippen LogP contribution in [-0.4, -0.2) is 79.7 Å². The average Bonchev–Trinajstić information content (AvgIpc) is 3.44. The second kappa shape index (κ2) is 10.7. The SMILES string of the molecule is CC(=O)NC[C@H]1CN(c2ccc(N3CCN(CC(=O)Nc4ncc(C#N)s4)CC3)c(F)c2)C(=O)O1. The largest absolute Gasteiger partial charge is 0.442 e. The van der Waals surface area contributed by atoms with Crippen molar-refractivity contribution >= 4 is 45.8 Å². The summed E-state index contributed by atoms with van der Waals surface area (Å²) in [5, 5.41) is 14.5. The molecular formula is C22H24FN7O4S. The summed E-state index contributed by atoms with van der Waals surface area (Å²) in [6, 6.07) is 6.59. The highest BCUT2D eigenvalue weighted by Crippen LogP contribution is 2.28. The topological polar surface area (TPSA) is 131 Å². The van der Waals surface area contributed by atoms with Gasteiger partial charge in [-0.3, -0.25) is 19.4 Å². The Bertz CT molecular complexity index is 1160. The lowest BCUT2D eigenvalue weighted by Gasteiger charge is -2.36. The molecule has 0 spiro atoms. The third-order valence-electron chi connectivity index (χ3n) is 5.64. The molecule has 0 unspecified atom stereocenters. The number of carbonyl (C=O) groups is 3. The number of nitriles is 1. The first kappa shape index (κ1) is 24.4. The van der Waals surface area contributed by atoms with Crippen LogP contribution < -0.4 is 20.4 Å². The number of thiazole rings is 1. The molecule has 1 atom stereocenters. The second-order valence-electron chi connectivity index (χ2n) is 8.14. The summed E-state index contributed by atoms with van der Waals surface area (Å²) in [5.41, 5.74) is 0.811. The van der Waals surface area contributed by atoms with Gasteiger partial charge in [0.25, 0.3) is 0 Å². The number of rotatable bonds is 7. The van der Waals surface area contributed by atoms with Gasteiger partial charge in [-0.2, -0.15) is 5.26 Å². The molecule has 0 radical (unpaired) electrons. The fraction of sp³-hybridized carbons (Fsp3) is 0.409. The fourth-order valence-corrected chi connectivity index (χ4v) is 4.54. The quantitative estimate of drug-likeness (QED) is 0.582. The van der Waals surface area contributed by atoms with E-state index in [9.17, 15) is 18.8 Å². The number of nitrogens with zero attached hydrogens (tertiary/aromatic N) is 5. The lowest BCUT2D eigenvalue weighted by atomic mass is 10.2. The number of halogens is 1. The summed E-state index contributed by atoms with van der Waals surface area (Å²) >= 11 is 1.11. The van der Waals surface area contributed by atoms with Gasteiger partial charge in [-0.05, 0) is 18.2 Å². The van der Waals surface area contributed by atoms with Gasteiger partial charge in [0, 0.05) is 33.1 Å². The zero-order chi connectivity index (χ0) is 24.9. The monoisotopic (exact) mass is 501 g/mol. The van der Waals surface area contributed by atoms with E-state index in [-0.39, 0.29) is 31.4 Å². The van der Waals surface area contributed by atoms with Gasteiger partial charge in [-0.25, -0.2) is 14.2 Å². The Kier molecular flexibility index (Phi) is 7.42. The molecule has 35 heavy (non-hydrogen) atoms. The number of carbonyl (C=O) groups excluding carboxylic acids is 3. The van der Waals surface area contributed by atoms with E-state index in [0.29, 0.717) is 47.6 Å². The van der Waals surface area contributed by atoms with Crippen molar-refractivity contribution in [1.29, 1.82) is 5.26 Å². The van der Waals surface area contributed by atoms with Gasteiger partial charge in [0.15, 0.2) is 5.13 Å². The number of amides is 3. The van der Waals surface area contributed by atoms with E-state index in [1.54, 1.807) is 12.1 Å². The van der Waals surface area contributed by atoms with Gasteiger partial charge in [-0.1, -0.05) is 11.3 Å². The van der Waals surface area contributed by atoms with Gasteiger partial charge in [0.2, 0.25) is 11.8 Å². The Hall–Kier alpha value is -3.76. The van der Waals surface area contributed by atoms with Crippen molar-refractivity contribution in [3.05, 3.63) is 35.1 Å². The van der Waals surface area contributed by atoms with Crippen LogP contribution in [0.2, 0.25) is 0 Å². The molecule has 2 aromatic rings. The number of nitrogens with one attached hydrogen (secondary N) is 2. The number of hydrogen-bond acceptors (Lipinski definition) is 9. The number of hydrogen-bond donors (Lipinski definition) is 2. The van der Waals surface area contributed by atoms with Crippen molar-refractivity contribution in [3.8, 4) is 6.07 Å². The fourth-order valence-electron chi connectivity index (χ4n) is 3.91. The lowest BCUT2D eigenvalue weighted by molar-refractivity contribution is -0.119. The zero-order valence-corrected chi connectivity index (χ0v) is 19.8. The zero-order valence-electron chi connectivity index (χ0n) is 19.0. The summed E-state index contributed by atoms with van der Waals surface area (Å²) in [6.07, 6.45) is 0.333. The van der Waals surface area contributed by atoms with Crippen LogP contribution in [0.15, 0.2) is 24.4 Å². The average molecular weight is 502 g/mol. The van der Waals surface area contributed by atoms with E-state index in [1.165, 1.54) is 24.1 Å². The van der Waals surface area contributed by atoms with E-state index >= 15 is 0 Å². The molecule has 0 aliphatic carbocycles. The molecule has 1 aromatic heterocycles. The van der Waals surface area contributed by atoms with Crippen LogP contribution >= 0.6 is 11.3 Å². The molecule has 184 valence electrons. The molecule has 2 saturated heterocycles. The molecule has 1 aromatic carbocycles. The molecule has 13 heteroatoms. The van der Waals surface area contributed by atoms with E-state index in [4.69, 9.17) is 10.00 Å². The van der Waals surface area contributed by atoms with Crippen molar-refractivity contribution < 1.29 is 23.5 Å². The highest BCUT2D eigenvalue weighted by Gasteiger charge is 2.33. The third-order valence-corrected chi connectivity index (χ3v) is 6.46. The van der Waals surface area contributed by atoms with Crippen LogP contribution in [0.5, 0.6) is 0 Å². The van der Waals surface area contributed by atoms with Crippen molar-refractivity contribution in [1.82, 2.24) is 15.2 Å². The number of ether oxygens (including phenoxy) is 1. The molecule has 3 heterocycles. The number of cyclic esters (lactones) is 1. The Morgan fingerprint density at radius 3 is 2.74 bits per heavy atom. The standard InChI is InChI=1S/C22H24FN7O4S/c1-14(31)25-10-16-12-30(22(33)34-16)15-2-3-19(18(23)8-15)29-6-4-28(5-7-29)13-20(32)27-21-26-11-17(9-24)35-21/h2-3,8,11,16H,4-7,10,12-13H2,1H3,(H,25,31)(H,26,27,32)/t16-/m0/s1. The van der Waals surface area contributed by atoms with Gasteiger partial charge in [0.05, 0.1) is 37.2 Å². The Labute approximate surface area is 205 Å². The minimum Gasteiger partial charge on any atom is -0.442 e. The van der Waals surface area contributed by atoms with Crippen LogP contribution in [0.1, 0.15) is 11.8 Å². The summed E-state index contributed by atoms with van der Waals surface area (Å²) in [5.74, 6) is -0.893. The minimum absolute atomic E-state index is 0.174. The van der Waals surface area contributed by atoms with E-state index in [1.807, 2.05) is 15.9 Å². The summed E-state index contributed by atoms with van der Waals surface area (Å²) < 4.78 is 20.2. The summed E-state index contributed by atoms with van der Waals surface area (Å²) in [4.78, 5) is 45.1. The number of piperazine rings is 1. The smallest absolute Gasteiger partial charge is 0.414 e. The van der Waals surface area contributed by atoms with Gasteiger partial charge in [0.1, 0.15) is 22.9 Å². The predicted octanol–water partition coefficient (Wildman–Crippen LogP) is 1.38. The number of aromatic nitrogens is 1. The van der Waals surface area contributed by atoms with Gasteiger partial charge < -0.3 is 20.3 Å². The summed E-state index contributed by atoms with van der Waals surface area (Å²) in [6.45, 7) is 4.17. The molecule has 3 amide bonds. The molecule has 2 N–H and O–H groups in total. The Balaban J connectivity index is 1.29. The maximum atomic E-state index is 15.0. The number of benzene rings is 1. The molecule has 2 fully saturated rings. The maximum absolute atomic E-state index is 15.0. The molecule has 0 bridgehead atoms. The molecule has 2 aliphatic rings. The van der Waals surface area contributed by atoms with Crippen LogP contribution in [0, 0.1) is 17.1 Å². The van der Waals surface area contributed by atoms with Crippen LogP contribution in [0.4, 0.5) is 25.7 Å². The highest BCUT2D eigenvalue weighted by molar-refractivity contribution is 7.16. The van der Waals surface area contributed by atoms with Crippen LogP contribution in [-0.2, 0) is 14.3 Å². The van der Waals surface area contributed by atoms with Crippen molar-refractivity contribution in [3.63, 3.8) is 0 Å². The Morgan fingerprint density at radius 2 is 2.09 bits per heavy atom. The van der Waals surface area contributed by atoms with E-state index in [2.05, 4.69) is 15.6 Å². The van der Waals surface area contributed by atoms with E-state index < -0.39 is 18.0 Å². The van der Waals surface area contributed by atoms with E-state index in [0.717, 1.165) is 11.3 Å². The first-order valence-corrected chi connectivity index (χ1v) is 11.8. The van der Waals surface area contributed by atoms with Crippen molar-refractivity contribution in [2.24, 2.45) is 0 Å².